The number of nitriles is 1. The second-order valence-corrected chi connectivity index (χ2v) is 5.29. The molecule has 0 saturated heterocycles. The molecule has 0 bridgehead atoms. The van der Waals surface area contributed by atoms with Crippen molar-refractivity contribution in [2.24, 2.45) is 0 Å². The van der Waals surface area contributed by atoms with Crippen molar-refractivity contribution >= 4 is 33.1 Å². The van der Waals surface area contributed by atoms with Crippen LogP contribution in [0.4, 0.5) is 13.2 Å². The number of aromatic amines is 1. The third-order valence-corrected chi connectivity index (χ3v) is 3.75. The lowest BCUT2D eigenvalue weighted by Crippen LogP contribution is -2.06. The summed E-state index contributed by atoms with van der Waals surface area (Å²) >= 11 is 8.69. The summed E-state index contributed by atoms with van der Waals surface area (Å²) in [6.07, 6.45) is 2.46. The van der Waals surface area contributed by atoms with E-state index in [1.807, 2.05) is 0 Å². The normalized spacial score (nSPS) is 15.4. The number of H-pyrrole nitrogens is 1. The smallest absolute Gasteiger partial charge is 0.349 e. The maximum Gasteiger partial charge on any atom is 0.432 e. The zero-order valence-electron chi connectivity index (χ0n) is 9.85. The van der Waals surface area contributed by atoms with E-state index in [0.29, 0.717) is 17.0 Å². The molecule has 0 fully saturated rings. The fourth-order valence-electron chi connectivity index (χ4n) is 1.76. The van der Waals surface area contributed by atoms with Crippen molar-refractivity contribution in [1.82, 2.24) is 4.98 Å². The van der Waals surface area contributed by atoms with E-state index in [4.69, 9.17) is 16.9 Å². The molecule has 7 heteroatoms. The van der Waals surface area contributed by atoms with Gasteiger partial charge in [0.1, 0.15) is 11.8 Å². The summed E-state index contributed by atoms with van der Waals surface area (Å²) in [4.78, 5) is 2.27. The Labute approximate surface area is 126 Å². The maximum atomic E-state index is 12.8. The van der Waals surface area contributed by atoms with Gasteiger partial charge in [-0.3, -0.25) is 0 Å². The zero-order valence-corrected chi connectivity index (χ0v) is 12.2. The van der Waals surface area contributed by atoms with Crippen LogP contribution in [0.1, 0.15) is 23.4 Å². The van der Waals surface area contributed by atoms with Gasteiger partial charge >= 0.3 is 6.18 Å². The Morgan fingerprint density at radius 1 is 1.35 bits per heavy atom. The summed E-state index contributed by atoms with van der Waals surface area (Å²) in [6, 6.07) is 1.78. The van der Waals surface area contributed by atoms with Crippen LogP contribution in [0.5, 0.6) is 0 Å². The highest BCUT2D eigenvalue weighted by atomic mass is 79.9. The van der Waals surface area contributed by atoms with Crippen LogP contribution in [0.3, 0.4) is 0 Å². The Morgan fingerprint density at radius 2 is 2.05 bits per heavy atom. The number of allylic oxidation sites excluding steroid dienone is 6. The molecule has 0 amide bonds. The van der Waals surface area contributed by atoms with Gasteiger partial charge in [-0.25, -0.2) is 0 Å². The van der Waals surface area contributed by atoms with Crippen LogP contribution in [0.2, 0.25) is 0 Å². The third-order valence-electron chi connectivity index (χ3n) is 2.68. The third kappa shape index (κ3) is 2.84. The van der Waals surface area contributed by atoms with Crippen molar-refractivity contribution in [1.29, 1.82) is 5.26 Å². The minimum absolute atomic E-state index is 0.0837. The molecule has 0 unspecified atom stereocenters. The van der Waals surface area contributed by atoms with E-state index in [-0.39, 0.29) is 15.7 Å². The lowest BCUT2D eigenvalue weighted by atomic mass is 10.1. The fourth-order valence-corrected chi connectivity index (χ4v) is 2.53. The summed E-state index contributed by atoms with van der Waals surface area (Å²) in [5.41, 5.74) is -0.476. The summed E-state index contributed by atoms with van der Waals surface area (Å²) in [5, 5.41) is 9.64. The molecule has 0 aliphatic heterocycles. The summed E-state index contributed by atoms with van der Waals surface area (Å²) < 4.78 is 38.3. The number of nitrogens with one attached hydrogen (secondary N) is 1. The molecule has 104 valence electrons. The number of aromatic nitrogens is 1. The van der Waals surface area contributed by atoms with Gasteiger partial charge in [0.05, 0.1) is 15.7 Å². The van der Waals surface area contributed by atoms with Crippen LogP contribution in [-0.4, -0.2) is 4.98 Å². The van der Waals surface area contributed by atoms with E-state index < -0.39 is 11.9 Å². The van der Waals surface area contributed by atoms with Gasteiger partial charge in [-0.05, 0) is 27.6 Å². The van der Waals surface area contributed by atoms with Gasteiger partial charge in [0.15, 0.2) is 0 Å². The Morgan fingerprint density at radius 3 is 2.65 bits per heavy atom. The summed E-state index contributed by atoms with van der Waals surface area (Å²) in [7, 11) is 0. The monoisotopic (exact) mass is 362 g/mol. The average Bonchev–Trinajstić information content (AvgIpc) is 2.54. The van der Waals surface area contributed by atoms with E-state index >= 15 is 0 Å². The van der Waals surface area contributed by atoms with Crippen LogP contribution in [-0.2, 0) is 6.18 Å². The Balaban J connectivity index is 2.62. The molecule has 2 rings (SSSR count). The lowest BCUT2D eigenvalue weighted by Gasteiger charge is -2.03. The molecule has 0 radical (unpaired) electrons. The minimum atomic E-state index is -4.56. The summed E-state index contributed by atoms with van der Waals surface area (Å²) in [6.45, 7) is 0. The van der Waals surface area contributed by atoms with Crippen molar-refractivity contribution in [2.45, 2.75) is 12.6 Å². The molecule has 1 aliphatic carbocycles. The molecule has 0 atom stereocenters. The van der Waals surface area contributed by atoms with E-state index in [1.165, 1.54) is 0 Å². The van der Waals surface area contributed by atoms with Gasteiger partial charge in [0.25, 0.3) is 0 Å². The van der Waals surface area contributed by atoms with Gasteiger partial charge in [0.2, 0.25) is 0 Å². The SMILES string of the molecule is N#Cc1c(C2=CC=C(Cl)CC=C2)[nH]c(C(F)(F)F)c1Br. The number of alkyl halides is 3. The van der Waals surface area contributed by atoms with E-state index in [1.54, 1.807) is 30.4 Å². The first-order valence-corrected chi connectivity index (χ1v) is 6.63. The molecule has 1 aromatic heterocycles. The van der Waals surface area contributed by atoms with Gasteiger partial charge < -0.3 is 4.98 Å². The zero-order chi connectivity index (χ0) is 14.9. The van der Waals surface area contributed by atoms with E-state index in [9.17, 15) is 13.2 Å². The van der Waals surface area contributed by atoms with Crippen molar-refractivity contribution in [3.8, 4) is 6.07 Å². The number of nitrogens with zero attached hydrogens (tertiary/aromatic N) is 1. The van der Waals surface area contributed by atoms with Crippen molar-refractivity contribution in [3.05, 3.63) is 50.8 Å². The van der Waals surface area contributed by atoms with Gasteiger partial charge in [0, 0.05) is 11.5 Å². The minimum Gasteiger partial charge on any atom is -0.349 e. The first kappa shape index (κ1) is 14.9. The van der Waals surface area contributed by atoms with Crippen LogP contribution in [0.25, 0.3) is 5.57 Å². The largest absolute Gasteiger partial charge is 0.432 e. The number of hydrogen-bond donors (Lipinski definition) is 1. The van der Waals surface area contributed by atoms with Crippen molar-refractivity contribution < 1.29 is 13.2 Å². The van der Waals surface area contributed by atoms with Crippen LogP contribution >= 0.6 is 27.5 Å². The summed E-state index contributed by atoms with van der Waals surface area (Å²) in [5.74, 6) is 0. The van der Waals surface area contributed by atoms with Crippen LogP contribution < -0.4 is 0 Å². The second kappa shape index (κ2) is 5.51. The molecular weight excluding hydrogens is 357 g/mol. The first-order chi connectivity index (χ1) is 9.34. The van der Waals surface area contributed by atoms with Crippen molar-refractivity contribution in [3.63, 3.8) is 0 Å². The highest BCUT2D eigenvalue weighted by Gasteiger charge is 2.37. The number of rotatable bonds is 1. The molecule has 1 aliphatic rings. The number of hydrogen-bond acceptors (Lipinski definition) is 1. The van der Waals surface area contributed by atoms with Crippen molar-refractivity contribution in [2.75, 3.05) is 0 Å². The van der Waals surface area contributed by atoms with Gasteiger partial charge in [-0.2, -0.15) is 18.4 Å². The molecule has 1 aromatic rings. The van der Waals surface area contributed by atoms with Crippen LogP contribution in [0.15, 0.2) is 33.8 Å². The van der Waals surface area contributed by atoms with E-state index in [0.717, 1.165) is 0 Å². The van der Waals surface area contributed by atoms with Gasteiger partial charge in [-0.15, -0.1) is 0 Å². The molecule has 20 heavy (non-hydrogen) atoms. The highest BCUT2D eigenvalue weighted by Crippen LogP contribution is 2.39. The molecule has 1 heterocycles. The fraction of sp³-hybridized carbons (Fsp3) is 0.154. The standard InChI is InChI=1S/C13H7BrClF3N2/c14-10-9(6-19)11(20-12(10)13(16,17)18)7-2-1-3-8(15)5-4-7/h1-2,4-5,20H,3H2. The Hall–Kier alpha value is -1.45. The highest BCUT2D eigenvalue weighted by molar-refractivity contribution is 9.10. The second-order valence-electron chi connectivity index (χ2n) is 4.02. The Kier molecular flexibility index (Phi) is 4.11. The molecule has 2 nitrogen and oxygen atoms in total. The van der Waals surface area contributed by atoms with Crippen LogP contribution in [0, 0.1) is 11.3 Å². The predicted octanol–water partition coefficient (Wildman–Crippen LogP) is 5.13. The topological polar surface area (TPSA) is 39.6 Å². The molecule has 0 aromatic carbocycles. The number of halogens is 5. The molecule has 0 spiro atoms. The van der Waals surface area contributed by atoms with E-state index in [2.05, 4.69) is 20.9 Å². The molecular formula is C13H7BrClF3N2. The lowest BCUT2D eigenvalue weighted by molar-refractivity contribution is -0.141. The first-order valence-electron chi connectivity index (χ1n) is 5.46. The Bertz CT molecular complexity index is 675. The predicted molar refractivity (Wildman–Crippen MR) is 73.9 cm³/mol. The van der Waals surface area contributed by atoms with Gasteiger partial charge in [-0.1, -0.05) is 29.8 Å². The molecule has 1 N–H and O–H groups in total. The quantitative estimate of drug-likeness (QED) is 0.738. The average molecular weight is 364 g/mol. The maximum absolute atomic E-state index is 12.8. The molecule has 0 saturated carbocycles.